The molecule has 0 radical (unpaired) electrons. The summed E-state index contributed by atoms with van der Waals surface area (Å²) in [5.74, 6) is -1.10. The van der Waals surface area contributed by atoms with Crippen molar-refractivity contribution in [2.75, 3.05) is 7.05 Å². The van der Waals surface area contributed by atoms with Gasteiger partial charge in [0.05, 0.1) is 0 Å². The number of ketones is 1. The van der Waals surface area contributed by atoms with E-state index < -0.39 is 23.3 Å². The van der Waals surface area contributed by atoms with Gasteiger partial charge in [-0.05, 0) is 0 Å². The van der Waals surface area contributed by atoms with E-state index in [1.807, 2.05) is 0 Å². The van der Waals surface area contributed by atoms with Gasteiger partial charge >= 0.3 is 6.18 Å². The third kappa shape index (κ3) is 0.569. The molecule has 0 bridgehead atoms. The van der Waals surface area contributed by atoms with Gasteiger partial charge in [-0.3, -0.25) is 9.59 Å². The third-order valence-corrected chi connectivity index (χ3v) is 2.36. The fraction of sp³-hybridized carbons (Fsp3) is 0.667. The molecule has 1 heterocycles. The molecule has 0 spiro atoms. The normalized spacial score (nSPS) is 41.1. The molecule has 13 heavy (non-hydrogen) atoms. The highest BCUT2D eigenvalue weighted by Gasteiger charge is 3.08. The number of carbonyl (C=O) groups is 2. The van der Waals surface area contributed by atoms with Crippen LogP contribution in [0.4, 0.5) is 13.2 Å². The molecule has 72 valence electrons. The van der Waals surface area contributed by atoms with Crippen LogP contribution in [0.1, 0.15) is 0 Å². The number of amides is 1. The lowest BCUT2D eigenvalue weighted by atomic mass is 10.4. The first-order chi connectivity index (χ1) is 5.84. The highest BCUT2D eigenvalue weighted by atomic mass is 19.4. The van der Waals surface area contributed by atoms with Crippen LogP contribution in [0.3, 0.4) is 0 Å². The Bertz CT molecular complexity index is 315. The van der Waals surface area contributed by atoms with E-state index in [4.69, 9.17) is 0 Å². The Balaban J connectivity index is 2.29. The zero-order valence-electron chi connectivity index (χ0n) is 6.38. The highest BCUT2D eigenvalue weighted by Crippen LogP contribution is 2.74. The summed E-state index contributed by atoms with van der Waals surface area (Å²) in [7, 11) is 1.07. The maximum Gasteiger partial charge on any atom is 0.430 e. The standard InChI is InChI=1S/C6H4F3NO3/c1-10(2-11)5-3(12)4(5,13-5)6(7,8)9/h2H,1H3/t4?,5-/m0/s1. The molecule has 7 heteroatoms. The molecule has 1 aliphatic carbocycles. The first-order valence-corrected chi connectivity index (χ1v) is 3.34. The molecule has 1 saturated carbocycles. The summed E-state index contributed by atoms with van der Waals surface area (Å²) in [6.45, 7) is 0. The van der Waals surface area contributed by atoms with Gasteiger partial charge in [0, 0.05) is 7.05 Å². The van der Waals surface area contributed by atoms with Crippen LogP contribution in [0.5, 0.6) is 0 Å². The van der Waals surface area contributed by atoms with Crippen LogP contribution >= 0.6 is 0 Å². The predicted molar refractivity (Wildman–Crippen MR) is 31.4 cm³/mol. The Hall–Kier alpha value is -1.11. The lowest BCUT2D eigenvalue weighted by Crippen LogP contribution is -2.29. The molecule has 2 rings (SSSR count). The smallest absolute Gasteiger partial charge is 0.317 e. The molecular formula is C6H4F3NO3. The summed E-state index contributed by atoms with van der Waals surface area (Å²) in [5, 5.41) is 0. The second-order valence-corrected chi connectivity index (χ2v) is 2.97. The second kappa shape index (κ2) is 1.72. The van der Waals surface area contributed by atoms with Gasteiger partial charge in [0.1, 0.15) is 0 Å². The number of carbonyl (C=O) groups excluding carboxylic acids is 2. The average Bonchev–Trinajstić information content (AvgIpc) is 2.85. The Labute approximate surface area is 70.2 Å². The Morgan fingerprint density at radius 2 is 2.08 bits per heavy atom. The molecule has 4 nitrogen and oxygen atoms in total. The molecule has 1 saturated heterocycles. The number of alkyl halides is 3. The summed E-state index contributed by atoms with van der Waals surface area (Å²) in [5.41, 5.74) is -4.75. The number of rotatable bonds is 2. The summed E-state index contributed by atoms with van der Waals surface area (Å²) < 4.78 is 40.7. The first-order valence-electron chi connectivity index (χ1n) is 3.34. The van der Waals surface area contributed by atoms with E-state index >= 15 is 0 Å². The van der Waals surface area contributed by atoms with Gasteiger partial charge in [0.15, 0.2) is 0 Å². The molecule has 0 aromatic rings. The van der Waals surface area contributed by atoms with Gasteiger partial charge in [0.2, 0.25) is 12.2 Å². The quantitative estimate of drug-likeness (QED) is 0.448. The number of fused-ring (bicyclic) bond motifs is 1. The predicted octanol–water partition coefficient (Wildman–Crippen LogP) is -0.315. The molecule has 0 N–H and O–H groups in total. The number of likely N-dealkylation sites (N-methyl/N-ethyl adjacent to an activating group) is 1. The van der Waals surface area contributed by atoms with Crippen molar-refractivity contribution in [3.05, 3.63) is 0 Å². The number of nitrogens with zero attached hydrogens (tertiary/aromatic N) is 1. The minimum Gasteiger partial charge on any atom is -0.317 e. The number of ether oxygens (including phenoxy) is 1. The van der Waals surface area contributed by atoms with Crippen LogP contribution in [-0.4, -0.2) is 41.6 Å². The fourth-order valence-electron chi connectivity index (χ4n) is 1.50. The maximum atomic E-state index is 12.2. The number of hydrogen-bond acceptors (Lipinski definition) is 3. The Kier molecular flexibility index (Phi) is 1.12. The van der Waals surface area contributed by atoms with Crippen LogP contribution in [-0.2, 0) is 14.3 Å². The number of hydrogen-bond donors (Lipinski definition) is 0. The van der Waals surface area contributed by atoms with E-state index in [1.54, 1.807) is 0 Å². The van der Waals surface area contributed by atoms with Crippen LogP contribution in [0.2, 0.25) is 0 Å². The Morgan fingerprint density at radius 1 is 1.54 bits per heavy atom. The summed E-state index contributed by atoms with van der Waals surface area (Å²) in [4.78, 5) is 21.5. The molecule has 1 aliphatic heterocycles. The molecular weight excluding hydrogens is 191 g/mol. The SMILES string of the molecule is CN(C=O)[C@@]12OC1(C(F)(F)F)C2=O. The summed E-state index contributed by atoms with van der Waals surface area (Å²) in [6, 6.07) is 0. The van der Waals surface area contributed by atoms with Crippen molar-refractivity contribution >= 4 is 12.2 Å². The summed E-state index contributed by atoms with van der Waals surface area (Å²) >= 11 is 0. The number of epoxide rings is 1. The van der Waals surface area contributed by atoms with Crippen LogP contribution < -0.4 is 0 Å². The minimum absolute atomic E-state index is 0.137. The van der Waals surface area contributed by atoms with Gasteiger partial charge in [0.25, 0.3) is 11.3 Å². The van der Waals surface area contributed by atoms with Crippen molar-refractivity contribution in [2.45, 2.75) is 17.5 Å². The maximum absolute atomic E-state index is 12.2. The topological polar surface area (TPSA) is 49.9 Å². The third-order valence-electron chi connectivity index (χ3n) is 2.36. The van der Waals surface area contributed by atoms with E-state index in [0.29, 0.717) is 4.90 Å². The van der Waals surface area contributed by atoms with E-state index in [-0.39, 0.29) is 6.41 Å². The zero-order valence-corrected chi connectivity index (χ0v) is 6.38. The molecule has 0 aromatic heterocycles. The van der Waals surface area contributed by atoms with Gasteiger partial charge in [-0.2, -0.15) is 13.2 Å². The van der Waals surface area contributed by atoms with Crippen molar-refractivity contribution in [1.29, 1.82) is 0 Å². The van der Waals surface area contributed by atoms with Crippen molar-refractivity contribution in [3.8, 4) is 0 Å². The molecule has 1 unspecified atom stereocenters. The summed E-state index contributed by atoms with van der Waals surface area (Å²) in [6.07, 6.45) is -4.60. The fourth-order valence-corrected chi connectivity index (χ4v) is 1.50. The monoisotopic (exact) mass is 195 g/mol. The lowest BCUT2D eigenvalue weighted by molar-refractivity contribution is -0.183. The van der Waals surface area contributed by atoms with E-state index in [0.717, 1.165) is 7.05 Å². The minimum atomic E-state index is -4.73. The van der Waals surface area contributed by atoms with E-state index in [9.17, 15) is 22.8 Å². The van der Waals surface area contributed by atoms with Crippen molar-refractivity contribution in [3.63, 3.8) is 0 Å². The average molecular weight is 195 g/mol. The van der Waals surface area contributed by atoms with Crippen molar-refractivity contribution in [2.24, 2.45) is 0 Å². The molecule has 1 amide bonds. The van der Waals surface area contributed by atoms with E-state index in [2.05, 4.69) is 4.74 Å². The zero-order chi connectivity index (χ0) is 10.1. The number of halogens is 3. The van der Waals surface area contributed by atoms with Gasteiger partial charge < -0.3 is 9.64 Å². The van der Waals surface area contributed by atoms with Crippen molar-refractivity contribution in [1.82, 2.24) is 4.90 Å². The molecule has 2 atom stereocenters. The van der Waals surface area contributed by atoms with Gasteiger partial charge in [-0.25, -0.2) is 0 Å². The van der Waals surface area contributed by atoms with Crippen LogP contribution in [0, 0.1) is 0 Å². The molecule has 0 aromatic carbocycles. The molecule has 2 fully saturated rings. The number of Topliss-reactive ketones (excluding diaryl/α,β-unsaturated/α-hetero) is 1. The first kappa shape index (κ1) is 8.49. The van der Waals surface area contributed by atoms with Crippen LogP contribution in [0.15, 0.2) is 0 Å². The van der Waals surface area contributed by atoms with E-state index in [1.165, 1.54) is 0 Å². The van der Waals surface area contributed by atoms with Gasteiger partial charge in [-0.1, -0.05) is 0 Å². The van der Waals surface area contributed by atoms with Crippen LogP contribution in [0.25, 0.3) is 0 Å². The van der Waals surface area contributed by atoms with Crippen molar-refractivity contribution < 1.29 is 27.5 Å². The van der Waals surface area contributed by atoms with Gasteiger partial charge in [-0.15, -0.1) is 0 Å². The highest BCUT2D eigenvalue weighted by molar-refractivity contribution is 6.22. The Morgan fingerprint density at radius 3 is 2.31 bits per heavy atom. The second-order valence-electron chi connectivity index (χ2n) is 2.97. The largest absolute Gasteiger partial charge is 0.430 e. The molecule has 2 aliphatic rings. The lowest BCUT2D eigenvalue weighted by Gasteiger charge is -2.08.